The molecular weight excluding hydrogens is 274 g/mol. The van der Waals surface area contributed by atoms with Gasteiger partial charge in [0.1, 0.15) is 4.47 Å². The summed E-state index contributed by atoms with van der Waals surface area (Å²) < 4.78 is 10.9. The number of thiophene rings is 1. The van der Waals surface area contributed by atoms with Crippen molar-refractivity contribution in [3.05, 3.63) is 25.5 Å². The highest BCUT2D eigenvalue weighted by molar-refractivity contribution is 9.10. The topological polar surface area (TPSA) is 61.6 Å². The van der Waals surface area contributed by atoms with E-state index in [1.165, 1.54) is 0 Å². The van der Waals surface area contributed by atoms with Crippen molar-refractivity contribution in [3.63, 3.8) is 0 Å². The lowest BCUT2D eigenvalue weighted by Crippen LogP contribution is -1.93. The second kappa shape index (κ2) is 3.93. The fourth-order valence-corrected chi connectivity index (χ4v) is 2.79. The summed E-state index contributed by atoms with van der Waals surface area (Å²) >= 11 is 4.19. The predicted octanol–water partition coefficient (Wildman–Crippen LogP) is 2.46. The van der Waals surface area contributed by atoms with Crippen LogP contribution in [-0.4, -0.2) is 18.1 Å². The van der Waals surface area contributed by atoms with Gasteiger partial charge in [0.15, 0.2) is 6.29 Å². The van der Waals surface area contributed by atoms with Crippen LogP contribution in [0.2, 0.25) is 0 Å². The van der Waals surface area contributed by atoms with Gasteiger partial charge in [-0.25, -0.2) is 0 Å². The number of hydrogen-bond donors (Lipinski definition) is 0. The Balaban J connectivity index is 2.27. The molecule has 2 heterocycles. The lowest BCUT2D eigenvalue weighted by atomic mass is 10.4. The molecule has 1 fully saturated rings. The van der Waals surface area contributed by atoms with Crippen LogP contribution in [0.15, 0.2) is 10.5 Å². The molecule has 1 aliphatic heterocycles. The van der Waals surface area contributed by atoms with E-state index >= 15 is 0 Å². The number of halogens is 1. The Morgan fingerprint density at radius 2 is 2.21 bits per heavy atom. The number of nitro groups is 1. The SMILES string of the molecule is O=[N+]([O-])c1sc(C2OCCO2)cc1Br. The van der Waals surface area contributed by atoms with Gasteiger partial charge in [-0.15, -0.1) is 0 Å². The lowest BCUT2D eigenvalue weighted by Gasteiger charge is -2.03. The maximum atomic E-state index is 10.6. The van der Waals surface area contributed by atoms with Crippen molar-refractivity contribution in [1.29, 1.82) is 0 Å². The number of hydrogen-bond acceptors (Lipinski definition) is 5. The van der Waals surface area contributed by atoms with Crippen molar-refractivity contribution in [3.8, 4) is 0 Å². The first-order valence-corrected chi connectivity index (χ1v) is 5.46. The first kappa shape index (κ1) is 10.0. The summed E-state index contributed by atoms with van der Waals surface area (Å²) in [5.74, 6) is 0. The van der Waals surface area contributed by atoms with Gasteiger partial charge in [0, 0.05) is 0 Å². The molecule has 0 saturated carbocycles. The van der Waals surface area contributed by atoms with E-state index in [4.69, 9.17) is 9.47 Å². The molecule has 0 N–H and O–H groups in total. The zero-order valence-electron chi connectivity index (χ0n) is 6.94. The summed E-state index contributed by atoms with van der Waals surface area (Å²) in [6.45, 7) is 1.07. The van der Waals surface area contributed by atoms with Gasteiger partial charge in [0.05, 0.1) is 23.0 Å². The van der Waals surface area contributed by atoms with Crippen LogP contribution >= 0.6 is 27.3 Å². The first-order chi connectivity index (χ1) is 6.68. The van der Waals surface area contributed by atoms with Crippen molar-refractivity contribution in [2.75, 3.05) is 13.2 Å². The van der Waals surface area contributed by atoms with E-state index in [-0.39, 0.29) is 5.00 Å². The van der Waals surface area contributed by atoms with Crippen LogP contribution < -0.4 is 0 Å². The summed E-state index contributed by atoms with van der Waals surface area (Å²) in [6, 6.07) is 1.67. The predicted molar refractivity (Wildman–Crippen MR) is 53.3 cm³/mol. The maximum Gasteiger partial charge on any atom is 0.338 e. The second-order valence-electron chi connectivity index (χ2n) is 2.63. The van der Waals surface area contributed by atoms with E-state index in [0.717, 1.165) is 16.2 Å². The minimum Gasteiger partial charge on any atom is -0.345 e. The van der Waals surface area contributed by atoms with Gasteiger partial charge in [0.25, 0.3) is 0 Å². The Labute approximate surface area is 91.9 Å². The summed E-state index contributed by atoms with van der Waals surface area (Å²) in [4.78, 5) is 10.9. The molecule has 2 rings (SSSR count). The first-order valence-electron chi connectivity index (χ1n) is 3.85. The Bertz CT molecular complexity index is 361. The van der Waals surface area contributed by atoms with E-state index in [2.05, 4.69) is 15.9 Å². The molecule has 1 aromatic rings. The molecular formula is C7H6BrNO4S. The minimum absolute atomic E-state index is 0.0825. The quantitative estimate of drug-likeness (QED) is 0.616. The van der Waals surface area contributed by atoms with Crippen LogP contribution in [0.4, 0.5) is 5.00 Å². The number of rotatable bonds is 2. The molecule has 1 aliphatic rings. The fourth-order valence-electron chi connectivity index (χ4n) is 1.14. The monoisotopic (exact) mass is 279 g/mol. The number of ether oxygens (including phenoxy) is 2. The van der Waals surface area contributed by atoms with Crippen molar-refractivity contribution in [2.24, 2.45) is 0 Å². The zero-order valence-corrected chi connectivity index (χ0v) is 9.34. The van der Waals surface area contributed by atoms with Crippen molar-refractivity contribution in [1.82, 2.24) is 0 Å². The van der Waals surface area contributed by atoms with Crippen LogP contribution in [0.25, 0.3) is 0 Å². The molecule has 1 aromatic heterocycles. The van der Waals surface area contributed by atoms with Gasteiger partial charge < -0.3 is 9.47 Å². The van der Waals surface area contributed by atoms with Crippen LogP contribution in [0.3, 0.4) is 0 Å². The van der Waals surface area contributed by atoms with Gasteiger partial charge in [-0.2, -0.15) is 0 Å². The summed E-state index contributed by atoms with van der Waals surface area (Å²) in [7, 11) is 0. The highest BCUT2D eigenvalue weighted by Gasteiger charge is 2.25. The average molecular weight is 280 g/mol. The highest BCUT2D eigenvalue weighted by atomic mass is 79.9. The van der Waals surface area contributed by atoms with E-state index in [0.29, 0.717) is 17.7 Å². The molecule has 7 heteroatoms. The van der Waals surface area contributed by atoms with E-state index in [1.807, 2.05) is 0 Å². The summed E-state index contributed by atoms with van der Waals surface area (Å²) in [6.07, 6.45) is -0.440. The summed E-state index contributed by atoms with van der Waals surface area (Å²) in [5, 5.41) is 10.6. The molecule has 0 aromatic carbocycles. The fraction of sp³-hybridized carbons (Fsp3) is 0.429. The Morgan fingerprint density at radius 1 is 1.57 bits per heavy atom. The van der Waals surface area contributed by atoms with E-state index in [9.17, 15) is 10.1 Å². The number of nitrogens with zero attached hydrogens (tertiary/aromatic N) is 1. The molecule has 0 radical (unpaired) electrons. The molecule has 0 bridgehead atoms. The van der Waals surface area contributed by atoms with Crippen LogP contribution in [-0.2, 0) is 9.47 Å². The van der Waals surface area contributed by atoms with Gasteiger partial charge in [-0.05, 0) is 22.0 Å². The van der Waals surface area contributed by atoms with E-state index < -0.39 is 11.2 Å². The molecule has 1 saturated heterocycles. The standard InChI is InChI=1S/C7H6BrNO4S/c8-4-3-5(7-12-1-2-13-7)14-6(4)9(10)11/h3,7H,1-2H2. The van der Waals surface area contributed by atoms with Gasteiger partial charge in [-0.1, -0.05) is 11.3 Å². The molecule has 0 unspecified atom stereocenters. The van der Waals surface area contributed by atoms with Crippen molar-refractivity contribution >= 4 is 32.3 Å². The summed E-state index contributed by atoms with van der Waals surface area (Å²) in [5.41, 5.74) is 0. The molecule has 0 atom stereocenters. The molecule has 0 amide bonds. The van der Waals surface area contributed by atoms with E-state index in [1.54, 1.807) is 6.07 Å². The van der Waals surface area contributed by atoms with Gasteiger partial charge in [-0.3, -0.25) is 10.1 Å². The van der Waals surface area contributed by atoms with Crippen molar-refractivity contribution < 1.29 is 14.4 Å². The van der Waals surface area contributed by atoms with Crippen molar-refractivity contribution in [2.45, 2.75) is 6.29 Å². The van der Waals surface area contributed by atoms with Gasteiger partial charge >= 0.3 is 5.00 Å². The third kappa shape index (κ3) is 1.81. The maximum absolute atomic E-state index is 10.6. The zero-order chi connectivity index (χ0) is 10.1. The Kier molecular flexibility index (Phi) is 2.82. The molecule has 0 spiro atoms. The smallest absolute Gasteiger partial charge is 0.338 e. The minimum atomic E-state index is -0.440. The molecule has 0 aliphatic carbocycles. The normalized spacial score (nSPS) is 17.5. The average Bonchev–Trinajstić information content (AvgIpc) is 2.70. The van der Waals surface area contributed by atoms with Crippen LogP contribution in [0.5, 0.6) is 0 Å². The third-order valence-electron chi connectivity index (χ3n) is 1.71. The third-order valence-corrected chi connectivity index (χ3v) is 3.68. The molecule has 5 nitrogen and oxygen atoms in total. The van der Waals surface area contributed by atoms with Gasteiger partial charge in [0.2, 0.25) is 0 Å². The highest BCUT2D eigenvalue weighted by Crippen LogP contribution is 2.39. The van der Waals surface area contributed by atoms with Crippen LogP contribution in [0.1, 0.15) is 11.2 Å². The van der Waals surface area contributed by atoms with Crippen LogP contribution in [0, 0.1) is 10.1 Å². The lowest BCUT2D eigenvalue weighted by molar-refractivity contribution is -0.380. The molecule has 76 valence electrons. The second-order valence-corrected chi connectivity index (χ2v) is 4.55. The largest absolute Gasteiger partial charge is 0.345 e. The molecule has 14 heavy (non-hydrogen) atoms. The Morgan fingerprint density at radius 3 is 2.71 bits per heavy atom. The Hall–Kier alpha value is -0.500.